The second-order valence-corrected chi connectivity index (χ2v) is 7.82. The van der Waals surface area contributed by atoms with Crippen molar-refractivity contribution in [3.05, 3.63) is 60.1 Å². The van der Waals surface area contributed by atoms with E-state index in [1.54, 1.807) is 12.5 Å². The van der Waals surface area contributed by atoms with Crippen LogP contribution < -0.4 is 5.32 Å². The van der Waals surface area contributed by atoms with Gasteiger partial charge in [0.1, 0.15) is 6.33 Å². The predicted octanol–water partition coefficient (Wildman–Crippen LogP) is 2.00. The van der Waals surface area contributed by atoms with Crippen molar-refractivity contribution in [3.63, 3.8) is 0 Å². The number of amides is 1. The molecule has 158 valence electrons. The van der Waals surface area contributed by atoms with E-state index < -0.39 is 0 Å². The molecule has 3 aromatic rings. The Morgan fingerprint density at radius 2 is 1.97 bits per heavy atom. The Morgan fingerprint density at radius 1 is 1.20 bits per heavy atom. The minimum absolute atomic E-state index is 0.0925. The molecule has 0 aromatic carbocycles. The molecule has 1 saturated heterocycles. The summed E-state index contributed by atoms with van der Waals surface area (Å²) >= 11 is 0. The summed E-state index contributed by atoms with van der Waals surface area (Å²) in [5.74, 6) is 0.102. The fourth-order valence-electron chi connectivity index (χ4n) is 4.08. The first kappa shape index (κ1) is 20.4. The molecular formula is C22H28N6O2. The molecule has 1 fully saturated rings. The fraction of sp³-hybridized carbons (Fsp3) is 0.455. The van der Waals surface area contributed by atoms with Crippen molar-refractivity contribution < 1.29 is 9.90 Å². The van der Waals surface area contributed by atoms with E-state index in [4.69, 9.17) is 0 Å². The Labute approximate surface area is 176 Å². The van der Waals surface area contributed by atoms with E-state index in [-0.39, 0.29) is 18.6 Å². The second-order valence-electron chi connectivity index (χ2n) is 7.82. The van der Waals surface area contributed by atoms with Crippen LogP contribution in [0.15, 0.2) is 43.1 Å². The van der Waals surface area contributed by atoms with Gasteiger partial charge in [-0.05, 0) is 56.1 Å². The number of nitrogens with zero attached hydrogens (tertiary/aromatic N) is 5. The van der Waals surface area contributed by atoms with Crippen LogP contribution in [0.5, 0.6) is 0 Å². The van der Waals surface area contributed by atoms with Crippen LogP contribution >= 0.6 is 0 Å². The Balaban J connectivity index is 1.46. The third-order valence-electron chi connectivity index (χ3n) is 5.89. The largest absolute Gasteiger partial charge is 0.394 e. The number of hydrogen-bond acceptors (Lipinski definition) is 6. The normalized spacial score (nSPS) is 16.6. The van der Waals surface area contributed by atoms with Crippen LogP contribution in [-0.2, 0) is 6.54 Å². The SMILES string of the molecule is CCC(CO)NC(=O)c1ncn2c(C3CCN(Cc4ccncc4)CC3)ccnc12. The molecule has 0 saturated carbocycles. The Hall–Kier alpha value is -2.84. The first-order valence-electron chi connectivity index (χ1n) is 10.5. The lowest BCUT2D eigenvalue weighted by Gasteiger charge is -2.32. The van der Waals surface area contributed by atoms with Gasteiger partial charge in [-0.25, -0.2) is 9.97 Å². The zero-order chi connectivity index (χ0) is 20.9. The van der Waals surface area contributed by atoms with Gasteiger partial charge < -0.3 is 10.4 Å². The number of aliphatic hydroxyl groups is 1. The van der Waals surface area contributed by atoms with Gasteiger partial charge in [-0.15, -0.1) is 0 Å². The van der Waals surface area contributed by atoms with Crippen LogP contribution in [0.4, 0.5) is 0 Å². The number of aromatic nitrogens is 4. The molecule has 4 heterocycles. The van der Waals surface area contributed by atoms with Gasteiger partial charge in [0.15, 0.2) is 11.3 Å². The number of piperidine rings is 1. The molecule has 1 unspecified atom stereocenters. The molecule has 1 aliphatic heterocycles. The van der Waals surface area contributed by atoms with Crippen molar-refractivity contribution in [1.82, 2.24) is 29.6 Å². The zero-order valence-corrected chi connectivity index (χ0v) is 17.2. The van der Waals surface area contributed by atoms with E-state index in [2.05, 4.69) is 37.3 Å². The summed E-state index contributed by atoms with van der Waals surface area (Å²) in [5.41, 5.74) is 3.30. The Bertz CT molecular complexity index is 978. The highest BCUT2D eigenvalue weighted by Crippen LogP contribution is 2.29. The lowest BCUT2D eigenvalue weighted by Crippen LogP contribution is -2.37. The maximum Gasteiger partial charge on any atom is 0.274 e. The maximum atomic E-state index is 12.6. The smallest absolute Gasteiger partial charge is 0.274 e. The molecule has 0 radical (unpaired) electrons. The molecule has 8 heteroatoms. The summed E-state index contributed by atoms with van der Waals surface area (Å²) in [6.07, 6.45) is 9.88. The maximum absolute atomic E-state index is 12.6. The number of imidazole rings is 1. The number of pyridine rings is 1. The molecule has 1 amide bonds. The highest BCUT2D eigenvalue weighted by molar-refractivity contribution is 5.98. The topological polar surface area (TPSA) is 95.6 Å². The van der Waals surface area contributed by atoms with Crippen LogP contribution in [0.1, 0.15) is 53.8 Å². The number of carbonyl (C=O) groups excluding carboxylic acids is 1. The van der Waals surface area contributed by atoms with E-state index in [1.807, 2.05) is 29.8 Å². The molecule has 8 nitrogen and oxygen atoms in total. The molecule has 2 N–H and O–H groups in total. The van der Waals surface area contributed by atoms with E-state index in [0.717, 1.165) is 38.2 Å². The summed E-state index contributed by atoms with van der Waals surface area (Å²) in [6, 6.07) is 5.89. The third-order valence-corrected chi connectivity index (χ3v) is 5.89. The minimum Gasteiger partial charge on any atom is -0.394 e. The quantitative estimate of drug-likeness (QED) is 0.621. The number of fused-ring (bicyclic) bond motifs is 1. The van der Waals surface area contributed by atoms with Gasteiger partial charge in [0, 0.05) is 36.7 Å². The highest BCUT2D eigenvalue weighted by atomic mass is 16.3. The molecule has 1 atom stereocenters. The van der Waals surface area contributed by atoms with Crippen LogP contribution in [0.2, 0.25) is 0 Å². The highest BCUT2D eigenvalue weighted by Gasteiger charge is 2.25. The lowest BCUT2D eigenvalue weighted by molar-refractivity contribution is 0.0912. The van der Waals surface area contributed by atoms with Gasteiger partial charge in [0.05, 0.1) is 12.6 Å². The molecule has 30 heavy (non-hydrogen) atoms. The van der Waals surface area contributed by atoms with E-state index in [1.165, 1.54) is 5.56 Å². The van der Waals surface area contributed by atoms with Crippen LogP contribution in [0.25, 0.3) is 5.65 Å². The van der Waals surface area contributed by atoms with Gasteiger partial charge in [-0.3, -0.25) is 19.1 Å². The molecule has 4 rings (SSSR count). The number of hydrogen-bond donors (Lipinski definition) is 2. The van der Waals surface area contributed by atoms with Crippen molar-refractivity contribution in [2.24, 2.45) is 0 Å². The van der Waals surface area contributed by atoms with E-state index in [0.29, 0.717) is 23.7 Å². The summed E-state index contributed by atoms with van der Waals surface area (Å²) in [6.45, 7) is 4.81. The van der Waals surface area contributed by atoms with Gasteiger partial charge in [0.2, 0.25) is 0 Å². The average Bonchev–Trinajstić information content (AvgIpc) is 3.23. The Morgan fingerprint density at radius 3 is 2.67 bits per heavy atom. The van der Waals surface area contributed by atoms with Crippen molar-refractivity contribution in [1.29, 1.82) is 0 Å². The summed E-state index contributed by atoms with van der Waals surface area (Å²) in [4.78, 5) is 27.9. The molecule has 0 bridgehead atoms. The zero-order valence-electron chi connectivity index (χ0n) is 17.2. The number of rotatable bonds is 7. The van der Waals surface area contributed by atoms with Crippen LogP contribution in [0.3, 0.4) is 0 Å². The van der Waals surface area contributed by atoms with Crippen molar-refractivity contribution >= 4 is 11.6 Å². The fourth-order valence-corrected chi connectivity index (χ4v) is 4.08. The number of likely N-dealkylation sites (tertiary alicyclic amines) is 1. The number of carbonyl (C=O) groups is 1. The van der Waals surface area contributed by atoms with Crippen molar-refractivity contribution in [2.75, 3.05) is 19.7 Å². The summed E-state index contributed by atoms with van der Waals surface area (Å²) in [5, 5.41) is 12.2. The predicted molar refractivity (Wildman–Crippen MR) is 113 cm³/mol. The second kappa shape index (κ2) is 9.32. The van der Waals surface area contributed by atoms with Crippen LogP contribution in [-0.4, -0.2) is 61.0 Å². The summed E-state index contributed by atoms with van der Waals surface area (Å²) < 4.78 is 1.94. The third kappa shape index (κ3) is 4.34. The van der Waals surface area contributed by atoms with Crippen molar-refractivity contribution in [2.45, 2.75) is 44.7 Å². The van der Waals surface area contributed by atoms with Crippen molar-refractivity contribution in [3.8, 4) is 0 Å². The molecule has 1 aliphatic rings. The van der Waals surface area contributed by atoms with Gasteiger partial charge in [-0.1, -0.05) is 6.92 Å². The molecule has 3 aromatic heterocycles. The minimum atomic E-state index is -0.296. The van der Waals surface area contributed by atoms with Gasteiger partial charge in [-0.2, -0.15) is 0 Å². The number of nitrogens with one attached hydrogen (secondary N) is 1. The van der Waals surface area contributed by atoms with Gasteiger partial charge in [0.25, 0.3) is 5.91 Å². The molecule has 0 aliphatic carbocycles. The molecular weight excluding hydrogens is 380 g/mol. The van der Waals surface area contributed by atoms with E-state index >= 15 is 0 Å². The summed E-state index contributed by atoms with van der Waals surface area (Å²) in [7, 11) is 0. The first-order chi connectivity index (χ1) is 14.7. The number of aliphatic hydroxyl groups excluding tert-OH is 1. The van der Waals surface area contributed by atoms with Crippen LogP contribution in [0, 0.1) is 0 Å². The first-order valence-corrected chi connectivity index (χ1v) is 10.5. The Kier molecular flexibility index (Phi) is 6.35. The molecule has 0 spiro atoms. The monoisotopic (exact) mass is 408 g/mol. The van der Waals surface area contributed by atoms with Gasteiger partial charge >= 0.3 is 0 Å². The average molecular weight is 409 g/mol. The van der Waals surface area contributed by atoms with E-state index in [9.17, 15) is 9.90 Å². The lowest BCUT2D eigenvalue weighted by atomic mass is 9.93. The standard InChI is InChI=1S/C22H28N6O2/c1-2-18(14-29)26-22(30)20-21-24-10-5-19(28(21)15-25-20)17-6-11-27(12-7-17)13-16-3-8-23-9-4-16/h3-5,8-10,15,17-18,29H,2,6-7,11-14H2,1H3,(H,26,30).